The van der Waals surface area contributed by atoms with Crippen LogP contribution in [-0.4, -0.2) is 158 Å². The minimum absolute atomic E-state index is 0.201. The van der Waals surface area contributed by atoms with E-state index in [0.29, 0.717) is 144 Å². The summed E-state index contributed by atoms with van der Waals surface area (Å²) in [6.07, 6.45) is 13.4. The fraction of sp³-hybridized carbons (Fsp3) is 0.921. The van der Waals surface area contributed by atoms with Gasteiger partial charge in [0, 0.05) is 12.2 Å². The molecule has 0 aliphatic carbocycles. The Morgan fingerprint density at radius 1 is 0.333 bits per heavy atom. The van der Waals surface area contributed by atoms with Crippen LogP contribution in [0.2, 0.25) is 0 Å². The molecular weight excluding hydrogens is 664 g/mol. The molecule has 0 aromatic rings. The van der Waals surface area contributed by atoms with E-state index in [1.165, 1.54) is 57.8 Å². The van der Waals surface area contributed by atoms with Gasteiger partial charge in [-0.3, -0.25) is 0 Å². The van der Waals surface area contributed by atoms with Gasteiger partial charge in [0.05, 0.1) is 139 Å². The van der Waals surface area contributed by atoms with Crippen LogP contribution in [0.4, 0.5) is 0 Å². The lowest BCUT2D eigenvalue weighted by molar-refractivity contribution is -0.140. The second kappa shape index (κ2) is 44.9. The van der Waals surface area contributed by atoms with Gasteiger partial charge in [-0.05, 0) is 13.3 Å². The Balaban J connectivity index is 3.07. The van der Waals surface area contributed by atoms with Crippen LogP contribution in [0.5, 0.6) is 0 Å². The topological polar surface area (TPSA) is 128 Å². The lowest BCUT2D eigenvalue weighted by Gasteiger charge is -2.09. The molecular formula is C38H74O13. The normalized spacial score (nSPS) is 11.4. The molecule has 0 saturated heterocycles. The largest absolute Gasteiger partial charge is 0.460 e. The molecule has 0 saturated carbocycles. The van der Waals surface area contributed by atoms with Crippen molar-refractivity contribution in [1.82, 2.24) is 0 Å². The molecule has 0 aliphatic rings. The van der Waals surface area contributed by atoms with Crippen LogP contribution >= 0.6 is 0 Å². The Morgan fingerprint density at radius 2 is 0.549 bits per heavy atom. The molecule has 0 amide bonds. The maximum Gasteiger partial charge on any atom is 0.333 e. The molecule has 0 spiro atoms. The third kappa shape index (κ3) is 44.9. The van der Waals surface area contributed by atoms with E-state index in [1.54, 1.807) is 6.92 Å². The van der Waals surface area contributed by atoms with Crippen molar-refractivity contribution in [2.24, 2.45) is 0 Å². The standard InChI is InChI=1S/C38H74O13/c1-4-5-6-7-8-9-10-11-12-13-14-40-15-16-41-17-18-42-19-20-43-21-22-44-23-24-45-25-26-46-27-28-47-29-30-48-31-32-49-33-34-50-35-36-51-38(39)37(2)3/h2,4-36H2,1,3H3. The fourth-order valence-corrected chi connectivity index (χ4v) is 4.31. The third-order valence-corrected chi connectivity index (χ3v) is 7.17. The number of rotatable bonds is 45. The number of carbonyl (C=O) groups is 1. The molecule has 0 rings (SSSR count). The number of ether oxygens (including phenoxy) is 12. The van der Waals surface area contributed by atoms with E-state index >= 15 is 0 Å². The smallest absolute Gasteiger partial charge is 0.333 e. The summed E-state index contributed by atoms with van der Waals surface area (Å²) in [5.41, 5.74) is 0.372. The third-order valence-electron chi connectivity index (χ3n) is 7.17. The number of hydrogen-bond acceptors (Lipinski definition) is 13. The Kier molecular flexibility index (Phi) is 43.8. The van der Waals surface area contributed by atoms with Crippen LogP contribution in [0.1, 0.15) is 78.1 Å². The number of unbranched alkanes of at least 4 members (excludes halogenated alkanes) is 9. The molecule has 0 atom stereocenters. The monoisotopic (exact) mass is 739 g/mol. The molecule has 0 aromatic heterocycles. The summed E-state index contributed by atoms with van der Waals surface area (Å²) in [5.74, 6) is -0.411. The summed E-state index contributed by atoms with van der Waals surface area (Å²) in [6.45, 7) is 19.0. The van der Waals surface area contributed by atoms with Crippen molar-refractivity contribution in [3.8, 4) is 0 Å². The summed E-state index contributed by atoms with van der Waals surface area (Å²) in [5, 5.41) is 0. The molecule has 0 bridgehead atoms. The van der Waals surface area contributed by atoms with E-state index in [9.17, 15) is 4.79 Å². The van der Waals surface area contributed by atoms with Gasteiger partial charge in [0.25, 0.3) is 0 Å². The number of carbonyl (C=O) groups excluding carboxylic acids is 1. The van der Waals surface area contributed by atoms with E-state index in [0.717, 1.165) is 13.0 Å². The second-order valence-electron chi connectivity index (χ2n) is 11.8. The predicted molar refractivity (Wildman–Crippen MR) is 197 cm³/mol. The lowest BCUT2D eigenvalue weighted by Crippen LogP contribution is -2.15. The molecule has 51 heavy (non-hydrogen) atoms. The van der Waals surface area contributed by atoms with Crippen LogP contribution in [0.25, 0.3) is 0 Å². The van der Waals surface area contributed by atoms with E-state index in [2.05, 4.69) is 13.5 Å². The van der Waals surface area contributed by atoms with Gasteiger partial charge in [-0.2, -0.15) is 0 Å². The number of hydrogen-bond donors (Lipinski definition) is 0. The summed E-state index contributed by atoms with van der Waals surface area (Å²) >= 11 is 0. The van der Waals surface area contributed by atoms with Crippen LogP contribution in [-0.2, 0) is 61.6 Å². The Bertz CT molecular complexity index is 699. The minimum Gasteiger partial charge on any atom is -0.460 e. The van der Waals surface area contributed by atoms with Gasteiger partial charge >= 0.3 is 5.97 Å². The first kappa shape index (κ1) is 49.8. The van der Waals surface area contributed by atoms with Crippen LogP contribution in [0, 0.1) is 0 Å². The van der Waals surface area contributed by atoms with Gasteiger partial charge in [0.15, 0.2) is 0 Å². The second-order valence-corrected chi connectivity index (χ2v) is 11.8. The summed E-state index contributed by atoms with van der Waals surface area (Å²) in [7, 11) is 0. The first-order valence-corrected chi connectivity index (χ1v) is 19.4. The average molecular weight is 739 g/mol. The minimum atomic E-state index is -0.411. The average Bonchev–Trinajstić information content (AvgIpc) is 3.13. The molecule has 13 heteroatoms. The van der Waals surface area contributed by atoms with Crippen LogP contribution in [0.15, 0.2) is 12.2 Å². The zero-order valence-corrected chi connectivity index (χ0v) is 32.3. The van der Waals surface area contributed by atoms with Gasteiger partial charge in [-0.1, -0.05) is 71.3 Å². The Hall–Kier alpha value is -1.23. The van der Waals surface area contributed by atoms with E-state index in [1.807, 2.05) is 0 Å². The first-order valence-electron chi connectivity index (χ1n) is 19.4. The summed E-state index contributed by atoms with van der Waals surface area (Å²) in [6, 6.07) is 0. The van der Waals surface area contributed by atoms with Crippen molar-refractivity contribution in [2.75, 3.05) is 152 Å². The maximum absolute atomic E-state index is 11.2. The van der Waals surface area contributed by atoms with Gasteiger partial charge in [-0.15, -0.1) is 0 Å². The fourth-order valence-electron chi connectivity index (χ4n) is 4.31. The van der Waals surface area contributed by atoms with E-state index in [4.69, 9.17) is 56.8 Å². The summed E-state index contributed by atoms with van der Waals surface area (Å²) < 4.78 is 65.3. The van der Waals surface area contributed by atoms with Crippen molar-refractivity contribution < 1.29 is 61.6 Å². The van der Waals surface area contributed by atoms with E-state index < -0.39 is 5.97 Å². The van der Waals surface area contributed by atoms with Crippen molar-refractivity contribution in [1.29, 1.82) is 0 Å². The SMILES string of the molecule is C=C(C)C(=O)OCCOCCOCCOCCOCCOCCOCCOCCOCCOCCOCCOCCCCCCCCCCCC. The zero-order valence-electron chi connectivity index (χ0n) is 32.3. The Labute approximate surface area is 309 Å². The first-order chi connectivity index (χ1) is 25.2. The van der Waals surface area contributed by atoms with Gasteiger partial charge in [0.2, 0.25) is 0 Å². The van der Waals surface area contributed by atoms with E-state index in [-0.39, 0.29) is 6.61 Å². The highest BCUT2D eigenvalue weighted by Gasteiger charge is 2.02. The van der Waals surface area contributed by atoms with Crippen molar-refractivity contribution >= 4 is 5.97 Å². The number of esters is 1. The van der Waals surface area contributed by atoms with Crippen LogP contribution in [0.3, 0.4) is 0 Å². The molecule has 13 nitrogen and oxygen atoms in total. The molecule has 0 aliphatic heterocycles. The maximum atomic E-state index is 11.2. The molecule has 0 unspecified atom stereocenters. The molecule has 0 heterocycles. The molecule has 0 radical (unpaired) electrons. The van der Waals surface area contributed by atoms with Gasteiger partial charge in [-0.25, -0.2) is 4.79 Å². The van der Waals surface area contributed by atoms with Crippen molar-refractivity contribution in [3.05, 3.63) is 12.2 Å². The van der Waals surface area contributed by atoms with Gasteiger partial charge < -0.3 is 56.8 Å². The quantitative estimate of drug-likeness (QED) is 0.0461. The van der Waals surface area contributed by atoms with Crippen molar-refractivity contribution in [3.63, 3.8) is 0 Å². The molecule has 0 aromatic carbocycles. The van der Waals surface area contributed by atoms with Crippen LogP contribution < -0.4 is 0 Å². The van der Waals surface area contributed by atoms with Gasteiger partial charge in [0.1, 0.15) is 6.61 Å². The summed E-state index contributed by atoms with van der Waals surface area (Å²) in [4.78, 5) is 11.2. The highest BCUT2D eigenvalue weighted by atomic mass is 16.6. The highest BCUT2D eigenvalue weighted by molar-refractivity contribution is 5.86. The van der Waals surface area contributed by atoms with Crippen molar-refractivity contribution in [2.45, 2.75) is 78.1 Å². The predicted octanol–water partition coefficient (Wildman–Crippen LogP) is 5.21. The lowest BCUT2D eigenvalue weighted by atomic mass is 10.1. The molecule has 304 valence electrons. The molecule has 0 fully saturated rings. The zero-order chi connectivity index (χ0) is 37.0. The Morgan fingerprint density at radius 3 is 0.804 bits per heavy atom. The highest BCUT2D eigenvalue weighted by Crippen LogP contribution is 2.10. The molecule has 0 N–H and O–H groups in total.